The number of ketones is 1. The molecule has 0 unspecified atom stereocenters. The lowest BCUT2D eigenvalue weighted by Gasteiger charge is -2.13. The van der Waals surface area contributed by atoms with Gasteiger partial charge in [-0.05, 0) is 80.3 Å². The number of nitrogens with one attached hydrogen (secondary N) is 1. The van der Waals surface area contributed by atoms with E-state index in [0.717, 1.165) is 30.6 Å². The maximum Gasteiger partial charge on any atom is 0.264 e. The summed E-state index contributed by atoms with van der Waals surface area (Å²) in [4.78, 5) is 18.9. The van der Waals surface area contributed by atoms with E-state index >= 15 is 0 Å². The number of rotatable bonds is 9. The minimum absolute atomic E-state index is 0.0117. The van der Waals surface area contributed by atoms with Crippen LogP contribution in [0.25, 0.3) is 0 Å². The number of hydrogen-bond donors (Lipinski definition) is 1. The highest BCUT2D eigenvalue weighted by molar-refractivity contribution is 7.99. The number of sulfonamides is 1. The first-order valence-corrected chi connectivity index (χ1v) is 16.7. The van der Waals surface area contributed by atoms with Crippen molar-refractivity contribution in [2.75, 3.05) is 4.72 Å². The lowest BCUT2D eigenvalue weighted by molar-refractivity contribution is 0.0959. The Morgan fingerprint density at radius 3 is 2.21 bits per heavy atom. The standard InChI is InChI=1S/C26H24Cl2N2O5S3/c27-17-7-13-23(21(28)15-17)38(34,35)30-24-14-12-22(25(29-24)26(31)16-5-6-16)36-18-8-10-20(11-9-18)37(32,33)19-3-1-2-4-19/h7-16,19H,1-6H2,(H,29,30). The molecule has 0 bridgehead atoms. The maximum atomic E-state index is 13.1. The highest BCUT2D eigenvalue weighted by Crippen LogP contribution is 2.38. The first kappa shape index (κ1) is 27.5. The molecule has 7 nitrogen and oxygen atoms in total. The molecule has 0 saturated heterocycles. The van der Waals surface area contributed by atoms with E-state index in [4.69, 9.17) is 23.2 Å². The van der Waals surface area contributed by atoms with E-state index in [2.05, 4.69) is 9.71 Å². The van der Waals surface area contributed by atoms with Crippen LogP contribution in [-0.4, -0.2) is 32.9 Å². The zero-order valence-electron chi connectivity index (χ0n) is 20.1. The Morgan fingerprint density at radius 2 is 1.58 bits per heavy atom. The van der Waals surface area contributed by atoms with Crippen molar-refractivity contribution in [1.29, 1.82) is 0 Å². The van der Waals surface area contributed by atoms with Gasteiger partial charge in [0.15, 0.2) is 15.6 Å². The fourth-order valence-corrected chi connectivity index (χ4v) is 8.94. The van der Waals surface area contributed by atoms with Crippen molar-refractivity contribution in [3.05, 3.63) is 70.3 Å². The molecule has 2 saturated carbocycles. The lowest BCUT2D eigenvalue weighted by Crippen LogP contribution is -2.17. The fraction of sp³-hybridized carbons (Fsp3) is 0.308. The summed E-state index contributed by atoms with van der Waals surface area (Å²) in [6, 6.07) is 13.8. The molecule has 1 N–H and O–H groups in total. The molecule has 2 aliphatic rings. The molecule has 0 radical (unpaired) electrons. The highest BCUT2D eigenvalue weighted by Gasteiger charge is 2.34. The van der Waals surface area contributed by atoms with Gasteiger partial charge in [-0.1, -0.05) is 47.8 Å². The van der Waals surface area contributed by atoms with Crippen molar-refractivity contribution in [3.63, 3.8) is 0 Å². The summed E-state index contributed by atoms with van der Waals surface area (Å²) < 4.78 is 54.0. The molecule has 2 aromatic carbocycles. The molecule has 0 spiro atoms. The van der Waals surface area contributed by atoms with Gasteiger partial charge in [-0.15, -0.1) is 0 Å². The van der Waals surface area contributed by atoms with Crippen molar-refractivity contribution in [2.45, 2.75) is 63.4 Å². The number of carbonyl (C=O) groups excluding carboxylic acids is 1. The minimum Gasteiger partial charge on any atom is -0.292 e. The second-order valence-corrected chi connectivity index (χ2v) is 15.2. The lowest BCUT2D eigenvalue weighted by atomic mass is 10.2. The molecular formula is C26H24Cl2N2O5S3. The Hall–Kier alpha value is -2.11. The Morgan fingerprint density at radius 1 is 0.895 bits per heavy atom. The third-order valence-corrected chi connectivity index (χ3v) is 12.0. The molecule has 1 heterocycles. The summed E-state index contributed by atoms with van der Waals surface area (Å²) in [7, 11) is -7.45. The Kier molecular flexibility index (Phi) is 7.81. The molecule has 0 aliphatic heterocycles. The average Bonchev–Trinajstić information content (AvgIpc) is 3.56. The number of halogens is 2. The summed E-state index contributed by atoms with van der Waals surface area (Å²) >= 11 is 13.2. The number of nitrogens with zero attached hydrogens (tertiary/aromatic N) is 1. The quantitative estimate of drug-likeness (QED) is 0.270. The van der Waals surface area contributed by atoms with Crippen LogP contribution in [0.15, 0.2) is 74.2 Å². The van der Waals surface area contributed by atoms with Gasteiger partial charge in [0.25, 0.3) is 10.0 Å². The number of sulfone groups is 1. The Labute approximate surface area is 236 Å². The molecular weight excluding hydrogens is 587 g/mol. The molecule has 1 aromatic heterocycles. The maximum absolute atomic E-state index is 13.1. The van der Waals surface area contributed by atoms with Gasteiger partial charge in [-0.25, -0.2) is 21.8 Å². The predicted molar refractivity (Wildman–Crippen MR) is 149 cm³/mol. The predicted octanol–water partition coefficient (Wildman–Crippen LogP) is 6.65. The van der Waals surface area contributed by atoms with Crippen molar-refractivity contribution >= 4 is 66.4 Å². The zero-order valence-corrected chi connectivity index (χ0v) is 24.0. The van der Waals surface area contributed by atoms with Crippen LogP contribution in [0.5, 0.6) is 0 Å². The first-order valence-electron chi connectivity index (χ1n) is 12.1. The smallest absolute Gasteiger partial charge is 0.264 e. The second-order valence-electron chi connectivity index (χ2n) is 9.39. The summed E-state index contributed by atoms with van der Waals surface area (Å²) in [6.45, 7) is 0. The minimum atomic E-state index is -4.08. The number of pyridine rings is 1. The molecule has 0 atom stereocenters. The van der Waals surface area contributed by atoms with Crippen LogP contribution in [-0.2, 0) is 19.9 Å². The number of Topliss-reactive ketones (excluding diaryl/α,β-unsaturated/α-hetero) is 1. The first-order chi connectivity index (χ1) is 18.0. The van der Waals surface area contributed by atoms with Gasteiger partial charge in [0.1, 0.15) is 16.4 Å². The molecule has 2 fully saturated rings. The normalized spacial score (nSPS) is 16.5. The molecule has 12 heteroatoms. The van der Waals surface area contributed by atoms with E-state index in [0.29, 0.717) is 27.7 Å². The third-order valence-electron chi connectivity index (χ3n) is 6.58. The van der Waals surface area contributed by atoms with Gasteiger partial charge in [0, 0.05) is 20.7 Å². The van der Waals surface area contributed by atoms with E-state index in [1.165, 1.54) is 36.0 Å². The van der Waals surface area contributed by atoms with Crippen molar-refractivity contribution in [1.82, 2.24) is 4.98 Å². The summed E-state index contributed by atoms with van der Waals surface area (Å²) in [5.41, 5.74) is 0.169. The van der Waals surface area contributed by atoms with E-state index in [1.54, 1.807) is 30.3 Å². The molecule has 5 rings (SSSR count). The number of carbonyl (C=O) groups is 1. The van der Waals surface area contributed by atoms with E-state index in [1.807, 2.05) is 0 Å². The van der Waals surface area contributed by atoms with Gasteiger partial charge in [-0.3, -0.25) is 9.52 Å². The Bertz CT molecular complexity index is 1600. The van der Waals surface area contributed by atoms with Gasteiger partial charge in [0.2, 0.25) is 0 Å². The van der Waals surface area contributed by atoms with Crippen molar-refractivity contribution in [3.8, 4) is 0 Å². The third kappa shape index (κ3) is 5.89. The van der Waals surface area contributed by atoms with Gasteiger partial charge in [-0.2, -0.15) is 0 Å². The molecule has 3 aromatic rings. The average molecular weight is 612 g/mol. The molecule has 2 aliphatic carbocycles. The molecule has 0 amide bonds. The molecule has 200 valence electrons. The van der Waals surface area contributed by atoms with E-state index in [9.17, 15) is 21.6 Å². The largest absolute Gasteiger partial charge is 0.292 e. The van der Waals surface area contributed by atoms with Crippen LogP contribution < -0.4 is 4.72 Å². The van der Waals surface area contributed by atoms with Crippen molar-refractivity contribution in [2.24, 2.45) is 5.92 Å². The van der Waals surface area contributed by atoms with Crippen molar-refractivity contribution < 1.29 is 21.6 Å². The topological polar surface area (TPSA) is 110 Å². The van der Waals surface area contributed by atoms with Crippen LogP contribution in [0.4, 0.5) is 5.82 Å². The summed E-state index contributed by atoms with van der Waals surface area (Å²) in [6.07, 6.45) is 4.77. The van der Waals surface area contributed by atoms with E-state index in [-0.39, 0.29) is 38.4 Å². The van der Waals surface area contributed by atoms with Gasteiger partial charge < -0.3 is 0 Å². The van der Waals surface area contributed by atoms with Gasteiger partial charge >= 0.3 is 0 Å². The number of anilines is 1. The highest BCUT2D eigenvalue weighted by atomic mass is 35.5. The summed E-state index contributed by atoms with van der Waals surface area (Å²) in [5.74, 6) is -0.306. The van der Waals surface area contributed by atoms with E-state index < -0.39 is 19.9 Å². The zero-order chi connectivity index (χ0) is 27.1. The van der Waals surface area contributed by atoms with Crippen LogP contribution >= 0.6 is 35.0 Å². The fourth-order valence-electron chi connectivity index (χ4n) is 4.40. The van der Waals surface area contributed by atoms with Crippen LogP contribution in [0.3, 0.4) is 0 Å². The number of hydrogen-bond acceptors (Lipinski definition) is 7. The molecule has 38 heavy (non-hydrogen) atoms. The van der Waals surface area contributed by atoms with Crippen LogP contribution in [0.1, 0.15) is 49.0 Å². The Balaban J connectivity index is 1.40. The van der Waals surface area contributed by atoms with Crippen LogP contribution in [0.2, 0.25) is 10.0 Å². The number of benzene rings is 2. The second kappa shape index (κ2) is 10.8. The SMILES string of the molecule is O=C(c1nc(NS(=O)(=O)c2ccc(Cl)cc2Cl)ccc1Sc1ccc(S(=O)(=O)C2CCCC2)cc1)C1CC1. The summed E-state index contributed by atoms with van der Waals surface area (Å²) in [5, 5.41) is -0.0631. The monoisotopic (exact) mass is 610 g/mol. The van der Waals surface area contributed by atoms with Crippen LogP contribution in [0, 0.1) is 5.92 Å². The van der Waals surface area contributed by atoms with Gasteiger partial charge in [0.05, 0.1) is 15.2 Å². The number of aromatic nitrogens is 1.